The first kappa shape index (κ1) is 23.4. The molecule has 7 rings (SSSR count). The summed E-state index contributed by atoms with van der Waals surface area (Å²) in [5, 5.41) is 4.64. The number of benzene rings is 1. The largest absolute Gasteiger partial charge is 0.340 e. The molecule has 3 aliphatic rings. The van der Waals surface area contributed by atoms with Crippen molar-refractivity contribution in [2.24, 2.45) is 10.9 Å². The molecule has 0 saturated carbocycles. The first-order valence-electron chi connectivity index (χ1n) is 13.3. The predicted molar refractivity (Wildman–Crippen MR) is 150 cm³/mol. The van der Waals surface area contributed by atoms with E-state index in [0.717, 1.165) is 91.5 Å². The molecule has 0 bridgehead atoms. The van der Waals surface area contributed by atoms with Crippen molar-refractivity contribution in [1.29, 1.82) is 0 Å². The van der Waals surface area contributed by atoms with Gasteiger partial charge in [0.25, 0.3) is 0 Å². The van der Waals surface area contributed by atoms with Crippen LogP contribution in [0.1, 0.15) is 33.7 Å². The lowest BCUT2D eigenvalue weighted by Gasteiger charge is -2.37. The zero-order valence-electron chi connectivity index (χ0n) is 21.1. The zero-order valence-corrected chi connectivity index (χ0v) is 22.0. The maximum Gasteiger partial charge on any atom is 0.226 e. The summed E-state index contributed by atoms with van der Waals surface area (Å²) in [6.07, 6.45) is 7.94. The fraction of sp³-hybridized carbons (Fsp3) is 0.345. The molecule has 192 valence electrons. The van der Waals surface area contributed by atoms with E-state index < -0.39 is 0 Å². The zero-order chi connectivity index (χ0) is 25.5. The quantitative estimate of drug-likeness (QED) is 0.422. The van der Waals surface area contributed by atoms with Crippen molar-refractivity contribution >= 4 is 45.2 Å². The Balaban J connectivity index is 1.04. The standard InChI is InChI=1S/C29H29N7OS/c37-29(36-11-9-35(10-12-36)17-23-3-1-2-8-31-23)19-5-7-24-25(14-19)38-28-26(24)27(32-18-33-28)34-22-6-4-20-15-30-16-21(20)13-22/h1-4,6,8,13,16,18-19H,5,7,9-12,14-15,17H2,(H,32,33,34). The Labute approximate surface area is 225 Å². The van der Waals surface area contributed by atoms with Crippen LogP contribution in [0.4, 0.5) is 11.5 Å². The summed E-state index contributed by atoms with van der Waals surface area (Å²) in [6.45, 7) is 4.95. The highest BCUT2D eigenvalue weighted by molar-refractivity contribution is 7.19. The molecule has 1 atom stereocenters. The maximum absolute atomic E-state index is 13.5. The van der Waals surface area contributed by atoms with E-state index in [9.17, 15) is 4.79 Å². The summed E-state index contributed by atoms with van der Waals surface area (Å²) in [7, 11) is 0. The summed E-state index contributed by atoms with van der Waals surface area (Å²) in [6, 6.07) is 12.4. The van der Waals surface area contributed by atoms with Crippen LogP contribution in [0.2, 0.25) is 0 Å². The number of nitrogens with one attached hydrogen (secondary N) is 1. The number of carbonyl (C=O) groups excluding carboxylic acids is 1. The number of nitrogens with zero attached hydrogens (tertiary/aromatic N) is 6. The van der Waals surface area contributed by atoms with Gasteiger partial charge in [0, 0.05) is 61.6 Å². The van der Waals surface area contributed by atoms with Crippen LogP contribution in [0, 0.1) is 5.92 Å². The van der Waals surface area contributed by atoms with Crippen LogP contribution in [0.3, 0.4) is 0 Å². The number of aliphatic imine (C=N–C) groups is 1. The van der Waals surface area contributed by atoms with Gasteiger partial charge in [0.1, 0.15) is 17.0 Å². The van der Waals surface area contributed by atoms with E-state index >= 15 is 0 Å². The number of aromatic nitrogens is 3. The predicted octanol–water partition coefficient (Wildman–Crippen LogP) is 4.21. The molecular formula is C29H29N7OS. The third-order valence-corrected chi connectivity index (χ3v) is 9.05. The number of fused-ring (bicyclic) bond motifs is 4. The van der Waals surface area contributed by atoms with Gasteiger partial charge in [-0.2, -0.15) is 0 Å². The van der Waals surface area contributed by atoms with Crippen molar-refractivity contribution in [3.05, 3.63) is 76.2 Å². The Morgan fingerprint density at radius 2 is 2.00 bits per heavy atom. The normalized spacial score (nSPS) is 18.9. The molecule has 1 aromatic carbocycles. The van der Waals surface area contributed by atoms with Gasteiger partial charge in [-0.3, -0.25) is 19.7 Å². The molecule has 1 amide bonds. The fourth-order valence-electron chi connectivity index (χ4n) is 5.84. The van der Waals surface area contributed by atoms with Crippen LogP contribution in [0.15, 0.2) is 53.9 Å². The number of thiophene rings is 1. The molecule has 1 aliphatic carbocycles. The minimum Gasteiger partial charge on any atom is -0.340 e. The molecule has 2 aliphatic heterocycles. The van der Waals surface area contributed by atoms with Crippen molar-refractivity contribution in [1.82, 2.24) is 24.8 Å². The lowest BCUT2D eigenvalue weighted by molar-refractivity contribution is -0.137. The van der Waals surface area contributed by atoms with Crippen LogP contribution in [0.25, 0.3) is 10.2 Å². The first-order chi connectivity index (χ1) is 18.7. The maximum atomic E-state index is 13.5. The van der Waals surface area contributed by atoms with Crippen molar-refractivity contribution in [2.75, 3.05) is 31.5 Å². The molecule has 1 N–H and O–H groups in total. The van der Waals surface area contributed by atoms with Crippen molar-refractivity contribution in [2.45, 2.75) is 32.4 Å². The number of amides is 1. The minimum atomic E-state index is 0.0401. The molecular weight excluding hydrogens is 494 g/mol. The molecule has 8 nitrogen and oxygen atoms in total. The van der Waals surface area contributed by atoms with Gasteiger partial charge < -0.3 is 10.2 Å². The van der Waals surface area contributed by atoms with E-state index in [0.29, 0.717) is 5.91 Å². The highest BCUT2D eigenvalue weighted by Gasteiger charge is 2.33. The molecule has 3 aromatic heterocycles. The van der Waals surface area contributed by atoms with E-state index in [-0.39, 0.29) is 5.92 Å². The molecule has 1 fully saturated rings. The molecule has 9 heteroatoms. The molecule has 5 heterocycles. The topological polar surface area (TPSA) is 86.6 Å². The van der Waals surface area contributed by atoms with Gasteiger partial charge >= 0.3 is 0 Å². The molecule has 0 radical (unpaired) electrons. The summed E-state index contributed by atoms with van der Waals surface area (Å²) >= 11 is 1.72. The van der Waals surface area contributed by atoms with Gasteiger partial charge in [-0.25, -0.2) is 9.97 Å². The second kappa shape index (κ2) is 9.89. The molecule has 38 heavy (non-hydrogen) atoms. The Morgan fingerprint density at radius 3 is 2.87 bits per heavy atom. The Hall–Kier alpha value is -3.69. The highest BCUT2D eigenvalue weighted by Crippen LogP contribution is 2.41. The number of rotatable bonds is 5. The van der Waals surface area contributed by atoms with Gasteiger partial charge in [0.05, 0.1) is 17.6 Å². The third kappa shape index (κ3) is 4.46. The summed E-state index contributed by atoms with van der Waals surface area (Å²) < 4.78 is 0. The Kier molecular flexibility index (Phi) is 6.09. The fourth-order valence-corrected chi connectivity index (χ4v) is 7.10. The third-order valence-electron chi connectivity index (χ3n) is 7.89. The molecule has 1 saturated heterocycles. The number of aryl methyl sites for hydroxylation is 1. The number of piperazine rings is 1. The molecule has 4 aromatic rings. The smallest absolute Gasteiger partial charge is 0.226 e. The van der Waals surface area contributed by atoms with Gasteiger partial charge in [0.15, 0.2) is 0 Å². The number of hydrogen-bond donors (Lipinski definition) is 1. The van der Waals surface area contributed by atoms with Gasteiger partial charge in [0.2, 0.25) is 5.91 Å². The summed E-state index contributed by atoms with van der Waals surface area (Å²) in [5.74, 6) is 1.18. The van der Waals surface area contributed by atoms with E-state index in [4.69, 9.17) is 0 Å². The second-order valence-corrected chi connectivity index (χ2v) is 11.4. The molecule has 1 unspecified atom stereocenters. The Morgan fingerprint density at radius 1 is 1.08 bits per heavy atom. The van der Waals surface area contributed by atoms with Crippen LogP contribution in [-0.2, 0) is 30.7 Å². The van der Waals surface area contributed by atoms with Crippen LogP contribution in [0.5, 0.6) is 0 Å². The van der Waals surface area contributed by atoms with E-state index in [1.165, 1.54) is 16.0 Å². The minimum absolute atomic E-state index is 0.0401. The average Bonchev–Trinajstić information content (AvgIpc) is 3.58. The SMILES string of the molecule is O=C(C1CCc2c(sc3ncnc(Nc4ccc5c(c4)C=NC5)c23)C1)N1CCN(Cc2ccccn2)CC1. The summed E-state index contributed by atoms with van der Waals surface area (Å²) in [5.41, 5.74) is 5.80. The van der Waals surface area contributed by atoms with Crippen molar-refractivity contribution < 1.29 is 4.79 Å². The van der Waals surface area contributed by atoms with Gasteiger partial charge in [-0.15, -0.1) is 11.3 Å². The number of carbonyl (C=O) groups is 1. The lowest BCUT2D eigenvalue weighted by Crippen LogP contribution is -2.50. The average molecular weight is 524 g/mol. The van der Waals surface area contributed by atoms with Crippen LogP contribution in [-0.4, -0.2) is 63.1 Å². The molecule has 0 spiro atoms. The lowest BCUT2D eigenvalue weighted by atomic mass is 9.86. The second-order valence-electron chi connectivity index (χ2n) is 10.3. The number of anilines is 2. The van der Waals surface area contributed by atoms with Gasteiger partial charge in [-0.05, 0) is 60.2 Å². The first-order valence-corrected chi connectivity index (χ1v) is 14.1. The van der Waals surface area contributed by atoms with E-state index in [1.807, 2.05) is 24.5 Å². The highest BCUT2D eigenvalue weighted by atomic mass is 32.1. The van der Waals surface area contributed by atoms with Gasteiger partial charge in [-0.1, -0.05) is 12.1 Å². The van der Waals surface area contributed by atoms with Crippen molar-refractivity contribution in [3.63, 3.8) is 0 Å². The Bertz CT molecular complexity index is 1520. The van der Waals surface area contributed by atoms with E-state index in [1.54, 1.807) is 17.7 Å². The number of hydrogen-bond acceptors (Lipinski definition) is 8. The monoisotopic (exact) mass is 523 g/mol. The summed E-state index contributed by atoms with van der Waals surface area (Å²) in [4.78, 5) is 38.2. The van der Waals surface area contributed by atoms with Crippen molar-refractivity contribution in [3.8, 4) is 0 Å². The van der Waals surface area contributed by atoms with E-state index in [2.05, 4.69) is 59.3 Å². The van der Waals surface area contributed by atoms with Crippen LogP contribution < -0.4 is 5.32 Å². The van der Waals surface area contributed by atoms with Crippen LogP contribution >= 0.6 is 11.3 Å². The number of pyridine rings is 1.